The molecule has 1 amide bonds. The van der Waals surface area contributed by atoms with Crippen molar-refractivity contribution in [3.63, 3.8) is 0 Å². The zero-order valence-corrected chi connectivity index (χ0v) is 14.2. The van der Waals surface area contributed by atoms with Gasteiger partial charge in [0.05, 0.1) is 6.20 Å². The molecule has 0 aliphatic carbocycles. The van der Waals surface area contributed by atoms with Gasteiger partial charge in [-0.05, 0) is 24.3 Å². The second kappa shape index (κ2) is 7.10. The first-order valence-electron chi connectivity index (χ1n) is 8.35. The van der Waals surface area contributed by atoms with E-state index >= 15 is 0 Å². The average Bonchev–Trinajstić information content (AvgIpc) is 3.20. The summed E-state index contributed by atoms with van der Waals surface area (Å²) in [5, 5.41) is 3.66. The molecule has 1 saturated heterocycles. The maximum Gasteiger partial charge on any atom is 0.259 e. The van der Waals surface area contributed by atoms with Gasteiger partial charge < -0.3 is 14.3 Å². The highest BCUT2D eigenvalue weighted by Crippen LogP contribution is 2.26. The summed E-state index contributed by atoms with van der Waals surface area (Å²) in [6, 6.07) is 5.06. The van der Waals surface area contributed by atoms with Gasteiger partial charge in [0.25, 0.3) is 5.91 Å². The van der Waals surface area contributed by atoms with Gasteiger partial charge in [0.1, 0.15) is 5.56 Å². The van der Waals surface area contributed by atoms with E-state index in [0.717, 1.165) is 12.1 Å². The van der Waals surface area contributed by atoms with Crippen molar-refractivity contribution in [1.82, 2.24) is 20.0 Å². The number of nitrogens with zero attached hydrogens (tertiary/aromatic N) is 5. The molecule has 0 spiro atoms. The maximum absolute atomic E-state index is 13.5. The van der Waals surface area contributed by atoms with Gasteiger partial charge in [0, 0.05) is 44.1 Å². The molecule has 1 aromatic carbocycles. The Balaban J connectivity index is 1.50. The SMILES string of the molecule is O=C(c1cnoc1-c1ccc(F)c(F)c1)N1CCN(c2ncccn2)CC1. The van der Waals surface area contributed by atoms with E-state index in [-0.39, 0.29) is 22.8 Å². The molecule has 2 aromatic heterocycles. The van der Waals surface area contributed by atoms with Gasteiger partial charge in [-0.2, -0.15) is 0 Å². The summed E-state index contributed by atoms with van der Waals surface area (Å²) in [6.07, 6.45) is 4.64. The van der Waals surface area contributed by atoms with Crippen LogP contribution in [-0.4, -0.2) is 52.1 Å². The average molecular weight is 371 g/mol. The topological polar surface area (TPSA) is 75.4 Å². The van der Waals surface area contributed by atoms with E-state index < -0.39 is 11.6 Å². The van der Waals surface area contributed by atoms with E-state index in [0.29, 0.717) is 32.1 Å². The van der Waals surface area contributed by atoms with Gasteiger partial charge in [-0.15, -0.1) is 0 Å². The highest BCUT2D eigenvalue weighted by Gasteiger charge is 2.27. The first-order valence-corrected chi connectivity index (χ1v) is 8.35. The minimum Gasteiger partial charge on any atom is -0.355 e. The Morgan fingerprint density at radius 1 is 1.04 bits per heavy atom. The smallest absolute Gasteiger partial charge is 0.259 e. The van der Waals surface area contributed by atoms with Crippen molar-refractivity contribution in [3.05, 3.63) is 60.1 Å². The van der Waals surface area contributed by atoms with Crippen LogP contribution in [0, 0.1) is 11.6 Å². The molecule has 9 heteroatoms. The van der Waals surface area contributed by atoms with Crippen LogP contribution >= 0.6 is 0 Å². The minimum absolute atomic E-state index is 0.118. The van der Waals surface area contributed by atoms with Crippen LogP contribution < -0.4 is 4.90 Å². The number of piperazine rings is 1. The predicted octanol–water partition coefficient (Wildman–Crippen LogP) is 2.37. The molecule has 27 heavy (non-hydrogen) atoms. The van der Waals surface area contributed by atoms with Gasteiger partial charge in [-0.1, -0.05) is 5.16 Å². The largest absolute Gasteiger partial charge is 0.355 e. The lowest BCUT2D eigenvalue weighted by molar-refractivity contribution is 0.0746. The molecule has 0 N–H and O–H groups in total. The summed E-state index contributed by atoms with van der Waals surface area (Å²) < 4.78 is 31.8. The second-order valence-electron chi connectivity index (χ2n) is 6.03. The first kappa shape index (κ1) is 17.1. The first-order chi connectivity index (χ1) is 13.1. The highest BCUT2D eigenvalue weighted by atomic mass is 19.2. The lowest BCUT2D eigenvalue weighted by Crippen LogP contribution is -2.49. The molecule has 0 radical (unpaired) electrons. The third kappa shape index (κ3) is 3.35. The van der Waals surface area contributed by atoms with Gasteiger partial charge in [-0.3, -0.25) is 4.79 Å². The summed E-state index contributed by atoms with van der Waals surface area (Å²) in [4.78, 5) is 24.9. The van der Waals surface area contributed by atoms with Crippen molar-refractivity contribution in [3.8, 4) is 11.3 Å². The second-order valence-corrected chi connectivity index (χ2v) is 6.03. The molecule has 0 bridgehead atoms. The Morgan fingerprint density at radius 3 is 2.48 bits per heavy atom. The van der Waals surface area contributed by atoms with Crippen LogP contribution in [0.2, 0.25) is 0 Å². The van der Waals surface area contributed by atoms with Crippen molar-refractivity contribution in [2.24, 2.45) is 0 Å². The fourth-order valence-electron chi connectivity index (χ4n) is 2.97. The van der Waals surface area contributed by atoms with Crippen molar-refractivity contribution >= 4 is 11.9 Å². The number of hydrogen-bond acceptors (Lipinski definition) is 6. The lowest BCUT2D eigenvalue weighted by atomic mass is 10.1. The van der Waals surface area contributed by atoms with Crippen molar-refractivity contribution in [1.29, 1.82) is 0 Å². The van der Waals surface area contributed by atoms with E-state index in [1.54, 1.807) is 23.4 Å². The predicted molar refractivity (Wildman–Crippen MR) is 92.0 cm³/mol. The molecule has 1 aliphatic heterocycles. The quantitative estimate of drug-likeness (QED) is 0.704. The van der Waals surface area contributed by atoms with E-state index in [9.17, 15) is 13.6 Å². The summed E-state index contributed by atoms with van der Waals surface area (Å²) in [5.41, 5.74) is 0.469. The van der Waals surface area contributed by atoms with E-state index in [2.05, 4.69) is 15.1 Å². The normalized spacial score (nSPS) is 14.4. The Bertz CT molecular complexity index is 955. The summed E-state index contributed by atoms with van der Waals surface area (Å²) in [6.45, 7) is 2.11. The molecule has 3 heterocycles. The van der Waals surface area contributed by atoms with Gasteiger partial charge in [0.2, 0.25) is 5.95 Å². The number of carbonyl (C=O) groups excluding carboxylic acids is 1. The van der Waals surface area contributed by atoms with Gasteiger partial charge in [-0.25, -0.2) is 18.7 Å². The monoisotopic (exact) mass is 371 g/mol. The summed E-state index contributed by atoms with van der Waals surface area (Å²) in [7, 11) is 0. The van der Waals surface area contributed by atoms with Crippen molar-refractivity contribution in [2.45, 2.75) is 0 Å². The maximum atomic E-state index is 13.5. The van der Waals surface area contributed by atoms with E-state index in [4.69, 9.17) is 4.52 Å². The number of rotatable bonds is 3. The Labute approximate surface area is 153 Å². The zero-order valence-electron chi connectivity index (χ0n) is 14.2. The molecule has 0 atom stereocenters. The lowest BCUT2D eigenvalue weighted by Gasteiger charge is -2.34. The van der Waals surface area contributed by atoms with Crippen LogP contribution in [0.1, 0.15) is 10.4 Å². The third-order valence-electron chi connectivity index (χ3n) is 4.38. The summed E-state index contributed by atoms with van der Waals surface area (Å²) in [5.74, 6) is -1.52. The van der Waals surface area contributed by atoms with Crippen LogP contribution in [0.3, 0.4) is 0 Å². The molecule has 4 rings (SSSR count). The molecule has 7 nitrogen and oxygen atoms in total. The van der Waals surface area contributed by atoms with Crippen LogP contribution in [0.25, 0.3) is 11.3 Å². The minimum atomic E-state index is -1.02. The summed E-state index contributed by atoms with van der Waals surface area (Å²) >= 11 is 0. The number of halogens is 2. The molecule has 1 fully saturated rings. The highest BCUT2D eigenvalue weighted by molar-refractivity contribution is 5.99. The molecular weight excluding hydrogens is 356 g/mol. The Kier molecular flexibility index (Phi) is 4.49. The van der Waals surface area contributed by atoms with Crippen molar-refractivity contribution < 1.29 is 18.1 Å². The Morgan fingerprint density at radius 2 is 1.78 bits per heavy atom. The van der Waals surface area contributed by atoms with E-state index in [1.165, 1.54) is 12.3 Å². The van der Waals surface area contributed by atoms with Crippen LogP contribution in [0.4, 0.5) is 14.7 Å². The molecule has 138 valence electrons. The van der Waals surface area contributed by atoms with Crippen molar-refractivity contribution in [2.75, 3.05) is 31.1 Å². The fourth-order valence-corrected chi connectivity index (χ4v) is 2.97. The number of carbonyl (C=O) groups is 1. The van der Waals surface area contributed by atoms with Crippen LogP contribution in [0.5, 0.6) is 0 Å². The van der Waals surface area contributed by atoms with Gasteiger partial charge in [0.15, 0.2) is 17.4 Å². The Hall–Kier alpha value is -3.36. The molecule has 1 aliphatic rings. The molecule has 0 unspecified atom stereocenters. The molecule has 3 aromatic rings. The number of amides is 1. The molecular formula is C18H15F2N5O2. The standard InChI is InChI=1S/C18H15F2N5O2/c19-14-3-2-12(10-15(14)20)16-13(11-23-27-16)17(26)24-6-8-25(9-7-24)18-21-4-1-5-22-18/h1-5,10-11H,6-9H2. The van der Waals surface area contributed by atoms with E-state index in [1.807, 2.05) is 4.90 Å². The third-order valence-corrected chi connectivity index (χ3v) is 4.38. The van der Waals surface area contributed by atoms with Crippen LogP contribution in [-0.2, 0) is 0 Å². The molecule has 0 saturated carbocycles. The number of hydrogen-bond donors (Lipinski definition) is 0. The number of aromatic nitrogens is 3. The van der Waals surface area contributed by atoms with Gasteiger partial charge >= 0.3 is 0 Å². The number of anilines is 1. The number of benzene rings is 1. The zero-order chi connectivity index (χ0) is 18.8. The fraction of sp³-hybridized carbons (Fsp3) is 0.222. The van der Waals surface area contributed by atoms with Crippen LogP contribution in [0.15, 0.2) is 47.4 Å².